The number of amides is 2. The van der Waals surface area contributed by atoms with E-state index < -0.39 is 0 Å². The zero-order chi connectivity index (χ0) is 18.6. The smallest absolute Gasteiger partial charge is 0.317 e. The Labute approximate surface area is 161 Å². The van der Waals surface area contributed by atoms with E-state index >= 15 is 0 Å². The summed E-state index contributed by atoms with van der Waals surface area (Å²) in [5, 5.41) is 3.04. The molecule has 1 fully saturated rings. The Bertz CT molecular complexity index is 789. The van der Waals surface area contributed by atoms with Crippen molar-refractivity contribution in [2.75, 3.05) is 18.0 Å². The lowest BCUT2D eigenvalue weighted by molar-refractivity contribution is 0.158. The number of nitrogens with zero attached hydrogens (tertiary/aromatic N) is 3. The van der Waals surface area contributed by atoms with Crippen LogP contribution in [0.4, 0.5) is 10.6 Å². The minimum absolute atomic E-state index is 0.0407. The van der Waals surface area contributed by atoms with Crippen LogP contribution in [0.15, 0.2) is 42.6 Å². The second-order valence-corrected chi connectivity index (χ2v) is 7.66. The molecule has 4 rings (SSSR count). The molecule has 2 aliphatic heterocycles. The normalized spacial score (nSPS) is 19.5. The fraction of sp³-hybridized carbons (Fsp3) is 0.455. The Hall–Kier alpha value is -2.56. The maximum atomic E-state index is 12.4. The van der Waals surface area contributed by atoms with Crippen molar-refractivity contribution in [1.29, 1.82) is 0 Å². The van der Waals surface area contributed by atoms with E-state index in [0.29, 0.717) is 12.6 Å². The predicted molar refractivity (Wildman–Crippen MR) is 108 cm³/mol. The number of hydrogen-bond acceptors (Lipinski definition) is 3. The molecule has 5 heteroatoms. The van der Waals surface area contributed by atoms with Crippen molar-refractivity contribution in [1.82, 2.24) is 15.2 Å². The lowest BCUT2D eigenvalue weighted by Gasteiger charge is -2.33. The third-order valence-electron chi connectivity index (χ3n) is 5.77. The van der Waals surface area contributed by atoms with E-state index in [-0.39, 0.29) is 6.03 Å². The van der Waals surface area contributed by atoms with Crippen LogP contribution in [-0.2, 0) is 19.5 Å². The highest BCUT2D eigenvalue weighted by atomic mass is 16.2. The van der Waals surface area contributed by atoms with Crippen molar-refractivity contribution in [2.45, 2.75) is 51.7 Å². The molecule has 1 unspecified atom stereocenters. The Kier molecular flexibility index (Phi) is 5.28. The molecule has 1 aromatic heterocycles. The summed E-state index contributed by atoms with van der Waals surface area (Å²) in [5.41, 5.74) is 3.87. The molecule has 1 saturated heterocycles. The van der Waals surface area contributed by atoms with E-state index in [1.165, 1.54) is 17.5 Å². The maximum absolute atomic E-state index is 12.4. The van der Waals surface area contributed by atoms with Gasteiger partial charge in [-0.3, -0.25) is 0 Å². The number of benzene rings is 1. The number of urea groups is 1. The molecule has 0 radical (unpaired) electrons. The number of anilines is 1. The summed E-state index contributed by atoms with van der Waals surface area (Å²) in [5.74, 6) is 1.00. The monoisotopic (exact) mass is 364 g/mol. The van der Waals surface area contributed by atoms with Crippen molar-refractivity contribution in [2.24, 2.45) is 0 Å². The quantitative estimate of drug-likeness (QED) is 0.903. The van der Waals surface area contributed by atoms with Gasteiger partial charge in [-0.05, 0) is 55.4 Å². The number of piperidine rings is 1. The largest absolute Gasteiger partial charge is 0.352 e. The highest BCUT2D eigenvalue weighted by Gasteiger charge is 2.22. The van der Waals surface area contributed by atoms with Crippen LogP contribution in [0.5, 0.6) is 0 Å². The van der Waals surface area contributed by atoms with Crippen LogP contribution >= 0.6 is 0 Å². The molecule has 0 saturated carbocycles. The second kappa shape index (κ2) is 7.99. The molecule has 2 amide bonds. The van der Waals surface area contributed by atoms with Crippen LogP contribution in [0.25, 0.3) is 0 Å². The van der Waals surface area contributed by atoms with Gasteiger partial charge in [-0.1, -0.05) is 30.3 Å². The molecule has 27 heavy (non-hydrogen) atoms. The molecule has 3 heterocycles. The molecule has 1 aromatic carbocycles. The number of rotatable bonds is 3. The summed E-state index contributed by atoms with van der Waals surface area (Å²) < 4.78 is 0. The zero-order valence-electron chi connectivity index (χ0n) is 16.0. The van der Waals surface area contributed by atoms with Crippen molar-refractivity contribution >= 4 is 11.8 Å². The molecule has 0 bridgehead atoms. The first kappa shape index (κ1) is 17.8. The molecule has 5 nitrogen and oxygen atoms in total. The summed E-state index contributed by atoms with van der Waals surface area (Å²) in [6.45, 7) is 5.42. The molecule has 2 aliphatic rings. The van der Waals surface area contributed by atoms with Gasteiger partial charge in [0.05, 0.1) is 0 Å². The standard InChI is InChI=1S/C22H28N4O/c1-17-6-4-5-12-26(17)22(27)24-15-18-9-10-21(23-14-18)25-13-11-19-7-2-3-8-20(19)16-25/h2-3,7-10,14,17H,4-6,11-13,15-16H2,1H3,(H,24,27). The molecule has 142 valence electrons. The minimum atomic E-state index is 0.0407. The molecule has 0 spiro atoms. The van der Waals surface area contributed by atoms with Gasteiger partial charge in [0.25, 0.3) is 0 Å². The number of carbonyl (C=O) groups is 1. The SMILES string of the molecule is CC1CCCCN1C(=O)NCc1ccc(N2CCc3ccccc3C2)nc1. The van der Waals surface area contributed by atoms with Gasteiger partial charge in [-0.15, -0.1) is 0 Å². The fourth-order valence-electron chi connectivity index (χ4n) is 4.08. The van der Waals surface area contributed by atoms with E-state index in [2.05, 4.69) is 58.5 Å². The van der Waals surface area contributed by atoms with Crippen LogP contribution in [0, 0.1) is 0 Å². The van der Waals surface area contributed by atoms with Crippen molar-refractivity contribution in [3.05, 3.63) is 59.3 Å². The molecule has 2 aromatic rings. The van der Waals surface area contributed by atoms with E-state index in [1.54, 1.807) is 0 Å². The number of nitrogens with one attached hydrogen (secondary N) is 1. The molecular weight excluding hydrogens is 336 g/mol. The topological polar surface area (TPSA) is 48.5 Å². The number of hydrogen-bond donors (Lipinski definition) is 1. The van der Waals surface area contributed by atoms with Gasteiger partial charge in [0, 0.05) is 38.4 Å². The van der Waals surface area contributed by atoms with Crippen LogP contribution < -0.4 is 10.2 Å². The Balaban J connectivity index is 1.33. The predicted octanol–water partition coefficient (Wildman–Crippen LogP) is 3.73. The Morgan fingerprint density at radius 2 is 2.00 bits per heavy atom. The average molecular weight is 364 g/mol. The Morgan fingerprint density at radius 1 is 1.15 bits per heavy atom. The summed E-state index contributed by atoms with van der Waals surface area (Å²) in [6.07, 6.45) is 6.37. The third kappa shape index (κ3) is 4.07. The van der Waals surface area contributed by atoms with Gasteiger partial charge in [0.1, 0.15) is 5.82 Å². The number of likely N-dealkylation sites (tertiary alicyclic amines) is 1. The fourth-order valence-corrected chi connectivity index (χ4v) is 4.08. The van der Waals surface area contributed by atoms with Crippen LogP contribution in [-0.4, -0.2) is 35.0 Å². The highest BCUT2D eigenvalue weighted by molar-refractivity contribution is 5.74. The third-order valence-corrected chi connectivity index (χ3v) is 5.77. The lowest BCUT2D eigenvalue weighted by atomic mass is 10.00. The summed E-state index contributed by atoms with van der Waals surface area (Å²) in [7, 11) is 0. The molecule has 0 aliphatic carbocycles. The van der Waals surface area contributed by atoms with Gasteiger partial charge in [0.15, 0.2) is 0 Å². The number of carbonyl (C=O) groups excluding carboxylic acids is 1. The van der Waals surface area contributed by atoms with Crippen LogP contribution in [0.1, 0.15) is 42.9 Å². The van der Waals surface area contributed by atoms with E-state index in [0.717, 1.165) is 50.3 Å². The van der Waals surface area contributed by atoms with Gasteiger partial charge in [-0.25, -0.2) is 9.78 Å². The first-order valence-corrected chi connectivity index (χ1v) is 10.0. The Morgan fingerprint density at radius 3 is 2.78 bits per heavy atom. The van der Waals surface area contributed by atoms with Crippen molar-refractivity contribution in [3.8, 4) is 0 Å². The number of aromatic nitrogens is 1. The molecule has 1 N–H and O–H groups in total. The first-order valence-electron chi connectivity index (χ1n) is 10.0. The molecular formula is C22H28N4O. The maximum Gasteiger partial charge on any atom is 0.317 e. The number of fused-ring (bicyclic) bond motifs is 1. The van der Waals surface area contributed by atoms with Crippen molar-refractivity contribution in [3.63, 3.8) is 0 Å². The van der Waals surface area contributed by atoms with Crippen molar-refractivity contribution < 1.29 is 4.79 Å². The van der Waals surface area contributed by atoms with Gasteiger partial charge in [-0.2, -0.15) is 0 Å². The summed E-state index contributed by atoms with van der Waals surface area (Å²) in [6, 6.07) is 13.1. The highest BCUT2D eigenvalue weighted by Crippen LogP contribution is 2.23. The zero-order valence-corrected chi connectivity index (χ0v) is 16.0. The summed E-state index contributed by atoms with van der Waals surface area (Å²) in [4.78, 5) is 21.3. The lowest BCUT2D eigenvalue weighted by Crippen LogP contribution is -2.47. The summed E-state index contributed by atoms with van der Waals surface area (Å²) >= 11 is 0. The van der Waals surface area contributed by atoms with Gasteiger partial charge in [0.2, 0.25) is 0 Å². The van der Waals surface area contributed by atoms with Gasteiger partial charge < -0.3 is 15.1 Å². The van der Waals surface area contributed by atoms with Crippen LogP contribution in [0.3, 0.4) is 0 Å². The van der Waals surface area contributed by atoms with Gasteiger partial charge >= 0.3 is 6.03 Å². The average Bonchev–Trinajstić information content (AvgIpc) is 2.72. The van der Waals surface area contributed by atoms with E-state index in [1.807, 2.05) is 11.1 Å². The minimum Gasteiger partial charge on any atom is -0.352 e. The molecule has 1 atom stereocenters. The van der Waals surface area contributed by atoms with E-state index in [9.17, 15) is 4.79 Å². The van der Waals surface area contributed by atoms with E-state index in [4.69, 9.17) is 0 Å². The second-order valence-electron chi connectivity index (χ2n) is 7.66. The first-order chi connectivity index (χ1) is 13.2. The number of pyridine rings is 1. The van der Waals surface area contributed by atoms with Crippen LogP contribution in [0.2, 0.25) is 0 Å².